The number of ether oxygens (including phenoxy) is 2. The maximum Gasteiger partial charge on any atom is 0.231 e. The van der Waals surface area contributed by atoms with E-state index in [0.717, 1.165) is 42.1 Å². The van der Waals surface area contributed by atoms with Crippen LogP contribution in [0.25, 0.3) is 11.3 Å². The van der Waals surface area contributed by atoms with E-state index in [1.54, 1.807) is 6.07 Å². The molecule has 0 N–H and O–H groups in total. The van der Waals surface area contributed by atoms with E-state index in [4.69, 9.17) is 14.5 Å². The number of carbonyl (C=O) groups excluding carboxylic acids is 1. The minimum Gasteiger partial charge on any atom is -0.454 e. The summed E-state index contributed by atoms with van der Waals surface area (Å²) in [6, 6.07) is 19.6. The Kier molecular flexibility index (Phi) is 4.75. The van der Waals surface area contributed by atoms with E-state index in [9.17, 15) is 4.79 Å². The standard InChI is InChI=1S/C22H20N2O3/c1-24(10-9-16-5-3-2-4-6-16)22-12-17(14-25)11-19(23-22)18-7-8-20-21(13-18)27-15-26-20/h2-8,11-14H,9-10,15H2,1H3. The second-order valence-electron chi connectivity index (χ2n) is 6.49. The smallest absolute Gasteiger partial charge is 0.231 e. The van der Waals surface area contributed by atoms with Crippen molar-refractivity contribution in [1.82, 2.24) is 4.98 Å². The van der Waals surface area contributed by atoms with Gasteiger partial charge in [0.2, 0.25) is 6.79 Å². The van der Waals surface area contributed by atoms with Crippen LogP contribution >= 0.6 is 0 Å². The first-order valence-corrected chi connectivity index (χ1v) is 8.85. The molecular weight excluding hydrogens is 340 g/mol. The number of fused-ring (bicyclic) bond motifs is 1. The van der Waals surface area contributed by atoms with Crippen LogP contribution in [0.2, 0.25) is 0 Å². The Balaban J connectivity index is 1.59. The minimum absolute atomic E-state index is 0.230. The molecule has 0 amide bonds. The van der Waals surface area contributed by atoms with E-state index in [0.29, 0.717) is 11.3 Å². The van der Waals surface area contributed by atoms with Gasteiger partial charge in [0, 0.05) is 24.7 Å². The minimum atomic E-state index is 0.230. The van der Waals surface area contributed by atoms with Gasteiger partial charge < -0.3 is 14.4 Å². The van der Waals surface area contributed by atoms with Gasteiger partial charge in [-0.1, -0.05) is 30.3 Å². The zero-order valence-corrected chi connectivity index (χ0v) is 15.1. The lowest BCUT2D eigenvalue weighted by Crippen LogP contribution is -2.21. The van der Waals surface area contributed by atoms with Gasteiger partial charge in [0.25, 0.3) is 0 Å². The van der Waals surface area contributed by atoms with Crippen LogP contribution in [-0.4, -0.2) is 31.7 Å². The number of aromatic nitrogens is 1. The first-order chi connectivity index (χ1) is 13.2. The normalized spacial score (nSPS) is 12.0. The zero-order chi connectivity index (χ0) is 18.6. The first kappa shape index (κ1) is 17.1. The molecule has 0 unspecified atom stereocenters. The molecule has 2 heterocycles. The van der Waals surface area contributed by atoms with Crippen LogP contribution < -0.4 is 14.4 Å². The number of pyridine rings is 1. The number of hydrogen-bond acceptors (Lipinski definition) is 5. The van der Waals surface area contributed by atoms with Gasteiger partial charge in [0.15, 0.2) is 11.5 Å². The van der Waals surface area contributed by atoms with Gasteiger partial charge in [-0.25, -0.2) is 4.98 Å². The van der Waals surface area contributed by atoms with Crippen LogP contribution in [0, 0.1) is 0 Å². The molecule has 4 rings (SSSR count). The van der Waals surface area contributed by atoms with Gasteiger partial charge >= 0.3 is 0 Å². The molecule has 0 saturated carbocycles. The summed E-state index contributed by atoms with van der Waals surface area (Å²) in [6.07, 6.45) is 1.76. The third kappa shape index (κ3) is 3.77. The lowest BCUT2D eigenvalue weighted by Gasteiger charge is -2.19. The predicted molar refractivity (Wildman–Crippen MR) is 105 cm³/mol. The topological polar surface area (TPSA) is 51.7 Å². The van der Waals surface area contributed by atoms with Gasteiger partial charge in [-0.3, -0.25) is 4.79 Å². The number of aldehydes is 1. The van der Waals surface area contributed by atoms with Gasteiger partial charge in [-0.15, -0.1) is 0 Å². The van der Waals surface area contributed by atoms with Crippen LogP contribution in [-0.2, 0) is 6.42 Å². The van der Waals surface area contributed by atoms with Gasteiger partial charge in [-0.05, 0) is 42.3 Å². The number of carbonyl (C=O) groups is 1. The molecule has 1 aliphatic rings. The predicted octanol–water partition coefficient (Wildman–Crippen LogP) is 3.97. The van der Waals surface area contributed by atoms with E-state index in [-0.39, 0.29) is 6.79 Å². The van der Waals surface area contributed by atoms with Crippen molar-refractivity contribution in [3.63, 3.8) is 0 Å². The summed E-state index contributed by atoms with van der Waals surface area (Å²) in [5.41, 5.74) is 3.49. The Bertz CT molecular complexity index is 957. The van der Waals surface area contributed by atoms with Crippen LogP contribution in [0.5, 0.6) is 11.5 Å². The van der Waals surface area contributed by atoms with E-state index in [1.165, 1.54) is 5.56 Å². The SMILES string of the molecule is CN(CCc1ccccc1)c1cc(C=O)cc(-c2ccc3c(c2)OCO3)n1. The Morgan fingerprint density at radius 3 is 2.67 bits per heavy atom. The molecule has 0 bridgehead atoms. The van der Waals surface area contributed by atoms with Crippen molar-refractivity contribution in [2.45, 2.75) is 6.42 Å². The summed E-state index contributed by atoms with van der Waals surface area (Å²) in [4.78, 5) is 18.3. The van der Waals surface area contributed by atoms with E-state index in [1.807, 2.05) is 49.5 Å². The van der Waals surface area contributed by atoms with Gasteiger partial charge in [0.1, 0.15) is 12.1 Å². The fraction of sp³-hybridized carbons (Fsp3) is 0.182. The molecule has 136 valence electrons. The molecule has 2 aromatic carbocycles. The van der Waals surface area contributed by atoms with Crippen LogP contribution in [0.15, 0.2) is 60.7 Å². The Morgan fingerprint density at radius 1 is 1.04 bits per heavy atom. The second-order valence-corrected chi connectivity index (χ2v) is 6.49. The number of nitrogens with zero attached hydrogens (tertiary/aromatic N) is 2. The quantitative estimate of drug-likeness (QED) is 0.623. The highest BCUT2D eigenvalue weighted by Crippen LogP contribution is 2.36. The highest BCUT2D eigenvalue weighted by Gasteiger charge is 2.15. The van der Waals surface area contributed by atoms with E-state index >= 15 is 0 Å². The maximum atomic E-state index is 11.4. The second kappa shape index (κ2) is 7.50. The van der Waals surface area contributed by atoms with Crippen LogP contribution in [0.3, 0.4) is 0 Å². The molecule has 1 aromatic heterocycles. The largest absolute Gasteiger partial charge is 0.454 e. The third-order valence-corrected chi connectivity index (χ3v) is 4.61. The molecule has 0 spiro atoms. The Labute approximate surface area is 158 Å². The summed E-state index contributed by atoms with van der Waals surface area (Å²) in [5, 5.41) is 0. The number of benzene rings is 2. The van der Waals surface area contributed by atoms with Crippen molar-refractivity contribution in [2.75, 3.05) is 25.3 Å². The zero-order valence-electron chi connectivity index (χ0n) is 15.1. The molecule has 27 heavy (non-hydrogen) atoms. The highest BCUT2D eigenvalue weighted by molar-refractivity contribution is 5.80. The summed E-state index contributed by atoms with van der Waals surface area (Å²) < 4.78 is 10.8. The van der Waals surface area contributed by atoms with Crippen LogP contribution in [0.1, 0.15) is 15.9 Å². The molecular formula is C22H20N2O3. The molecule has 0 fully saturated rings. The fourth-order valence-electron chi connectivity index (χ4n) is 3.06. The monoisotopic (exact) mass is 360 g/mol. The number of anilines is 1. The number of likely N-dealkylation sites (N-methyl/N-ethyl adjacent to an activating group) is 1. The fourth-order valence-corrected chi connectivity index (χ4v) is 3.06. The summed E-state index contributed by atoms with van der Waals surface area (Å²) >= 11 is 0. The van der Waals surface area contributed by atoms with Crippen molar-refractivity contribution in [1.29, 1.82) is 0 Å². The highest BCUT2D eigenvalue weighted by atomic mass is 16.7. The lowest BCUT2D eigenvalue weighted by molar-refractivity contribution is 0.112. The van der Waals surface area contributed by atoms with Gasteiger partial charge in [-0.2, -0.15) is 0 Å². The number of rotatable bonds is 6. The molecule has 1 aliphatic heterocycles. The first-order valence-electron chi connectivity index (χ1n) is 8.85. The molecule has 0 saturated heterocycles. The molecule has 5 heteroatoms. The van der Waals surface area contributed by atoms with Crippen molar-refractivity contribution < 1.29 is 14.3 Å². The van der Waals surface area contributed by atoms with Crippen molar-refractivity contribution in [2.24, 2.45) is 0 Å². The van der Waals surface area contributed by atoms with Crippen LogP contribution in [0.4, 0.5) is 5.82 Å². The molecule has 3 aromatic rings. The van der Waals surface area contributed by atoms with E-state index < -0.39 is 0 Å². The van der Waals surface area contributed by atoms with Crippen molar-refractivity contribution in [3.05, 3.63) is 71.8 Å². The lowest BCUT2D eigenvalue weighted by atomic mass is 10.1. The summed E-state index contributed by atoms with van der Waals surface area (Å²) in [7, 11) is 1.99. The van der Waals surface area contributed by atoms with Crippen molar-refractivity contribution >= 4 is 12.1 Å². The molecule has 0 atom stereocenters. The van der Waals surface area contributed by atoms with E-state index in [2.05, 4.69) is 17.0 Å². The maximum absolute atomic E-state index is 11.4. The third-order valence-electron chi connectivity index (χ3n) is 4.61. The number of hydrogen-bond donors (Lipinski definition) is 0. The average molecular weight is 360 g/mol. The average Bonchev–Trinajstić information content (AvgIpc) is 3.20. The molecule has 5 nitrogen and oxygen atoms in total. The summed E-state index contributed by atoms with van der Waals surface area (Å²) in [6.45, 7) is 1.04. The van der Waals surface area contributed by atoms with Gasteiger partial charge in [0.05, 0.1) is 5.69 Å². The molecule has 0 aliphatic carbocycles. The molecule has 0 radical (unpaired) electrons. The summed E-state index contributed by atoms with van der Waals surface area (Å²) in [5.74, 6) is 2.19. The Morgan fingerprint density at radius 2 is 1.85 bits per heavy atom. The van der Waals surface area contributed by atoms with Crippen molar-refractivity contribution in [3.8, 4) is 22.8 Å². The Hall–Kier alpha value is -3.34.